The third kappa shape index (κ3) is 3.54. The minimum Gasteiger partial charge on any atom is -0.445 e. The van der Waals surface area contributed by atoms with Gasteiger partial charge >= 0.3 is 0 Å². The molecule has 0 aliphatic rings. The molecule has 0 spiro atoms. The van der Waals surface area contributed by atoms with E-state index >= 15 is 0 Å². The maximum atomic E-state index is 12.3. The quantitative estimate of drug-likeness (QED) is 0.841. The molecule has 2 aromatic rings. The molecule has 0 amide bonds. The van der Waals surface area contributed by atoms with Gasteiger partial charge in [0, 0.05) is 15.3 Å². The van der Waals surface area contributed by atoms with E-state index in [1.165, 1.54) is 0 Å². The van der Waals surface area contributed by atoms with Crippen molar-refractivity contribution in [1.29, 1.82) is 0 Å². The summed E-state index contributed by atoms with van der Waals surface area (Å²) in [5.74, 6) is 1.69. The van der Waals surface area contributed by atoms with Crippen molar-refractivity contribution in [2.45, 2.75) is 31.8 Å². The molecule has 0 N–H and O–H groups in total. The summed E-state index contributed by atoms with van der Waals surface area (Å²) in [6, 6.07) is 7.89. The Labute approximate surface area is 124 Å². The number of aryl methyl sites for hydroxylation is 2. The molecular formula is C14H16BrNO2S. The van der Waals surface area contributed by atoms with E-state index in [4.69, 9.17) is 4.42 Å². The molecule has 3 nitrogen and oxygen atoms in total. The number of halogens is 1. The van der Waals surface area contributed by atoms with Crippen LogP contribution in [0.5, 0.6) is 0 Å². The summed E-state index contributed by atoms with van der Waals surface area (Å²) in [5.41, 5.74) is 1.91. The first-order valence-corrected chi connectivity index (χ1v) is 8.20. The maximum Gasteiger partial charge on any atom is 0.207 e. The summed E-state index contributed by atoms with van der Waals surface area (Å²) < 4.78 is 18.8. The monoisotopic (exact) mass is 341 g/mol. The number of nitrogens with zero attached hydrogens (tertiary/aromatic N) is 1. The van der Waals surface area contributed by atoms with E-state index in [2.05, 4.69) is 20.9 Å². The number of benzene rings is 1. The smallest absolute Gasteiger partial charge is 0.207 e. The van der Waals surface area contributed by atoms with Gasteiger partial charge in [0.25, 0.3) is 0 Å². The van der Waals surface area contributed by atoms with Gasteiger partial charge in [0.05, 0.1) is 10.9 Å². The van der Waals surface area contributed by atoms with Crippen molar-refractivity contribution in [1.82, 2.24) is 4.98 Å². The van der Waals surface area contributed by atoms with Gasteiger partial charge in [0.15, 0.2) is 0 Å². The average molecular weight is 342 g/mol. The average Bonchev–Trinajstić information content (AvgIpc) is 2.67. The first-order chi connectivity index (χ1) is 8.97. The Hall–Kier alpha value is -0.940. The molecule has 0 aliphatic heterocycles. The lowest BCUT2D eigenvalue weighted by molar-refractivity contribution is 0.487. The predicted octanol–water partition coefficient (Wildman–Crippen LogP) is 4.06. The molecular weight excluding hydrogens is 326 g/mol. The second-order valence-electron chi connectivity index (χ2n) is 4.47. The van der Waals surface area contributed by atoms with Gasteiger partial charge in [0.2, 0.25) is 5.89 Å². The lowest BCUT2D eigenvalue weighted by Crippen LogP contribution is -2.05. The summed E-state index contributed by atoms with van der Waals surface area (Å²) in [5, 5.41) is -0.0509. The second-order valence-corrected chi connectivity index (χ2v) is 7.14. The van der Waals surface area contributed by atoms with Gasteiger partial charge in [-0.05, 0) is 38.5 Å². The van der Waals surface area contributed by atoms with Crippen molar-refractivity contribution in [3.05, 3.63) is 51.6 Å². The van der Waals surface area contributed by atoms with Gasteiger partial charge in [-0.1, -0.05) is 28.1 Å². The lowest BCUT2D eigenvalue weighted by atomic mass is 10.2. The fourth-order valence-corrected chi connectivity index (χ4v) is 3.24. The zero-order chi connectivity index (χ0) is 14.0. The van der Waals surface area contributed by atoms with Crippen LogP contribution in [0, 0.1) is 13.8 Å². The zero-order valence-corrected chi connectivity index (χ0v) is 13.5. The van der Waals surface area contributed by atoms with Crippen LogP contribution < -0.4 is 0 Å². The molecule has 0 aliphatic carbocycles. The van der Waals surface area contributed by atoms with Crippen LogP contribution in [0.4, 0.5) is 0 Å². The Morgan fingerprint density at radius 1 is 1.42 bits per heavy atom. The fourth-order valence-electron chi connectivity index (χ4n) is 1.76. The number of hydrogen-bond donors (Lipinski definition) is 0. The highest BCUT2D eigenvalue weighted by Gasteiger charge is 2.17. The van der Waals surface area contributed by atoms with Crippen LogP contribution in [-0.4, -0.2) is 9.19 Å². The van der Waals surface area contributed by atoms with Crippen molar-refractivity contribution < 1.29 is 8.63 Å². The number of aromatic nitrogens is 1. The highest BCUT2D eigenvalue weighted by Crippen LogP contribution is 2.24. The fraction of sp³-hybridized carbons (Fsp3) is 0.357. The van der Waals surface area contributed by atoms with Crippen molar-refractivity contribution in [3.63, 3.8) is 0 Å². The number of oxazole rings is 1. The van der Waals surface area contributed by atoms with Gasteiger partial charge in [0.1, 0.15) is 11.5 Å². The SMILES string of the molecule is Cc1nc(CS(=O)C(C)c2cccc(Br)c2)oc1C. The molecule has 0 saturated carbocycles. The first-order valence-electron chi connectivity index (χ1n) is 6.03. The molecule has 1 heterocycles. The van der Waals surface area contributed by atoms with Crippen molar-refractivity contribution in [2.24, 2.45) is 0 Å². The zero-order valence-electron chi connectivity index (χ0n) is 11.1. The highest BCUT2D eigenvalue weighted by atomic mass is 79.9. The lowest BCUT2D eigenvalue weighted by Gasteiger charge is -2.10. The first kappa shape index (κ1) is 14.5. The highest BCUT2D eigenvalue weighted by molar-refractivity contribution is 9.10. The molecule has 2 unspecified atom stereocenters. The van der Waals surface area contributed by atoms with E-state index in [1.807, 2.05) is 45.0 Å². The molecule has 0 saturated heterocycles. The molecule has 5 heteroatoms. The van der Waals surface area contributed by atoms with Gasteiger partial charge in [-0.2, -0.15) is 0 Å². The summed E-state index contributed by atoms with van der Waals surface area (Å²) in [6.07, 6.45) is 0. The van der Waals surface area contributed by atoms with Crippen LogP contribution in [0.15, 0.2) is 33.2 Å². The minimum atomic E-state index is -1.05. The Kier molecular flexibility index (Phi) is 4.58. The van der Waals surface area contributed by atoms with Gasteiger partial charge < -0.3 is 4.42 Å². The van der Waals surface area contributed by atoms with Crippen LogP contribution in [0.1, 0.15) is 35.1 Å². The predicted molar refractivity (Wildman–Crippen MR) is 80.4 cm³/mol. The van der Waals surface area contributed by atoms with Gasteiger partial charge in [-0.3, -0.25) is 4.21 Å². The number of rotatable bonds is 4. The van der Waals surface area contributed by atoms with Crippen LogP contribution in [0.2, 0.25) is 0 Å². The van der Waals surface area contributed by atoms with Crippen LogP contribution in [0.3, 0.4) is 0 Å². The Morgan fingerprint density at radius 2 is 2.16 bits per heavy atom. The number of hydrogen-bond acceptors (Lipinski definition) is 3. The van der Waals surface area contributed by atoms with Gasteiger partial charge in [-0.15, -0.1) is 0 Å². The van der Waals surface area contributed by atoms with E-state index in [0.29, 0.717) is 11.6 Å². The van der Waals surface area contributed by atoms with Crippen LogP contribution in [-0.2, 0) is 16.6 Å². The van der Waals surface area contributed by atoms with Gasteiger partial charge in [-0.25, -0.2) is 4.98 Å². The molecule has 0 fully saturated rings. The molecule has 102 valence electrons. The van der Waals surface area contributed by atoms with Crippen LogP contribution >= 0.6 is 15.9 Å². The second kappa shape index (κ2) is 6.01. The summed E-state index contributed by atoms with van der Waals surface area (Å²) >= 11 is 3.43. The molecule has 1 aromatic heterocycles. The maximum absolute atomic E-state index is 12.3. The minimum absolute atomic E-state index is 0.0509. The standard InChI is InChI=1S/C14H16BrNO2S/c1-9-10(2)18-14(16-9)8-19(17)11(3)12-5-4-6-13(15)7-12/h4-7,11H,8H2,1-3H3. The van der Waals surface area contributed by atoms with Crippen molar-refractivity contribution in [3.8, 4) is 0 Å². The summed E-state index contributed by atoms with van der Waals surface area (Å²) in [7, 11) is -1.05. The topological polar surface area (TPSA) is 43.1 Å². The Morgan fingerprint density at radius 3 is 2.74 bits per heavy atom. The normalized spacial score (nSPS) is 14.3. The van der Waals surface area contributed by atoms with E-state index in [0.717, 1.165) is 21.5 Å². The van der Waals surface area contributed by atoms with E-state index in [9.17, 15) is 4.21 Å². The summed E-state index contributed by atoms with van der Waals surface area (Å²) in [6.45, 7) is 5.72. The van der Waals surface area contributed by atoms with E-state index in [1.54, 1.807) is 0 Å². The molecule has 2 rings (SSSR count). The molecule has 0 bridgehead atoms. The molecule has 0 radical (unpaired) electrons. The van der Waals surface area contributed by atoms with E-state index < -0.39 is 10.8 Å². The molecule has 19 heavy (non-hydrogen) atoms. The Bertz CT molecular complexity index is 590. The summed E-state index contributed by atoms with van der Waals surface area (Å²) in [4.78, 5) is 4.27. The van der Waals surface area contributed by atoms with Crippen molar-refractivity contribution >= 4 is 26.7 Å². The van der Waals surface area contributed by atoms with Crippen molar-refractivity contribution in [2.75, 3.05) is 0 Å². The Balaban J connectivity index is 2.11. The largest absolute Gasteiger partial charge is 0.445 e. The third-order valence-electron chi connectivity index (χ3n) is 3.05. The third-order valence-corrected chi connectivity index (χ3v) is 5.14. The van der Waals surface area contributed by atoms with Crippen LogP contribution in [0.25, 0.3) is 0 Å². The van der Waals surface area contributed by atoms with E-state index in [-0.39, 0.29) is 5.25 Å². The molecule has 1 aromatic carbocycles. The molecule has 2 atom stereocenters.